The average molecular weight is 286 g/mol. The summed E-state index contributed by atoms with van der Waals surface area (Å²) in [6.45, 7) is 1.60. The SMILES string of the molecule is FC(F)(F)c1ccc(CNC2CCCCCCN2)cc1. The molecule has 1 saturated heterocycles. The molecule has 2 nitrogen and oxygen atoms in total. The molecular formula is C15H21F3N2. The Labute approximate surface area is 117 Å². The van der Waals surface area contributed by atoms with Crippen LogP contribution in [0.4, 0.5) is 13.2 Å². The molecule has 1 unspecified atom stereocenters. The molecule has 112 valence electrons. The van der Waals surface area contributed by atoms with Gasteiger partial charge in [-0.05, 0) is 37.1 Å². The third kappa shape index (κ3) is 4.80. The number of hydrogen-bond acceptors (Lipinski definition) is 2. The van der Waals surface area contributed by atoms with Crippen LogP contribution in [-0.2, 0) is 12.7 Å². The molecule has 1 aromatic carbocycles. The molecule has 1 aliphatic rings. The summed E-state index contributed by atoms with van der Waals surface area (Å²) in [7, 11) is 0. The van der Waals surface area contributed by atoms with E-state index in [1.165, 1.54) is 25.7 Å². The van der Waals surface area contributed by atoms with Crippen molar-refractivity contribution in [3.63, 3.8) is 0 Å². The molecule has 0 saturated carbocycles. The maximum absolute atomic E-state index is 12.5. The fourth-order valence-corrected chi connectivity index (χ4v) is 2.43. The molecule has 1 atom stereocenters. The maximum atomic E-state index is 12.5. The first kappa shape index (κ1) is 15.3. The van der Waals surface area contributed by atoms with Gasteiger partial charge in [-0.2, -0.15) is 13.2 Å². The molecule has 0 amide bonds. The summed E-state index contributed by atoms with van der Waals surface area (Å²) in [5.41, 5.74) is 0.284. The molecule has 0 radical (unpaired) electrons. The van der Waals surface area contributed by atoms with E-state index < -0.39 is 11.7 Å². The van der Waals surface area contributed by atoms with Crippen LogP contribution in [0.2, 0.25) is 0 Å². The number of benzene rings is 1. The molecule has 0 spiro atoms. The Hall–Kier alpha value is -1.07. The zero-order chi connectivity index (χ0) is 14.4. The largest absolute Gasteiger partial charge is 0.416 e. The summed E-state index contributed by atoms with van der Waals surface area (Å²) < 4.78 is 37.4. The van der Waals surface area contributed by atoms with Gasteiger partial charge < -0.3 is 5.32 Å². The highest BCUT2D eigenvalue weighted by Crippen LogP contribution is 2.29. The molecule has 0 bridgehead atoms. The Balaban J connectivity index is 1.83. The molecule has 20 heavy (non-hydrogen) atoms. The lowest BCUT2D eigenvalue weighted by molar-refractivity contribution is -0.137. The van der Waals surface area contributed by atoms with Gasteiger partial charge in [-0.15, -0.1) is 0 Å². The fourth-order valence-electron chi connectivity index (χ4n) is 2.43. The van der Waals surface area contributed by atoms with Crippen molar-refractivity contribution >= 4 is 0 Å². The number of nitrogens with one attached hydrogen (secondary N) is 2. The quantitative estimate of drug-likeness (QED) is 0.886. The minimum absolute atomic E-state index is 0.262. The smallest absolute Gasteiger partial charge is 0.302 e. The fraction of sp³-hybridized carbons (Fsp3) is 0.600. The topological polar surface area (TPSA) is 24.1 Å². The van der Waals surface area contributed by atoms with Crippen molar-refractivity contribution in [2.45, 2.75) is 51.0 Å². The first-order valence-electron chi connectivity index (χ1n) is 7.18. The van der Waals surface area contributed by atoms with Crippen LogP contribution >= 0.6 is 0 Å². The molecule has 5 heteroatoms. The second-order valence-electron chi connectivity index (χ2n) is 5.29. The lowest BCUT2D eigenvalue weighted by Crippen LogP contribution is -2.42. The summed E-state index contributed by atoms with van der Waals surface area (Å²) >= 11 is 0. The van der Waals surface area contributed by atoms with Gasteiger partial charge in [0.1, 0.15) is 0 Å². The van der Waals surface area contributed by atoms with Gasteiger partial charge in [0.05, 0.1) is 11.7 Å². The van der Waals surface area contributed by atoms with E-state index in [0.29, 0.717) is 6.54 Å². The first-order valence-corrected chi connectivity index (χ1v) is 7.18. The van der Waals surface area contributed by atoms with E-state index in [0.717, 1.165) is 30.7 Å². The predicted octanol–water partition coefficient (Wildman–Crippen LogP) is 3.67. The monoisotopic (exact) mass is 286 g/mol. The Bertz CT molecular complexity index is 393. The summed E-state index contributed by atoms with van der Waals surface area (Å²) in [6.07, 6.45) is 2.00. The van der Waals surface area contributed by atoms with Crippen molar-refractivity contribution in [3.05, 3.63) is 35.4 Å². The standard InChI is InChI=1S/C15H21F3N2/c16-15(17,18)13-8-6-12(7-9-13)11-20-14-5-3-1-2-4-10-19-14/h6-9,14,19-20H,1-5,10-11H2. The number of halogens is 3. The molecular weight excluding hydrogens is 265 g/mol. The van der Waals surface area contributed by atoms with E-state index >= 15 is 0 Å². The molecule has 2 rings (SSSR count). The molecule has 1 aliphatic heterocycles. The highest BCUT2D eigenvalue weighted by atomic mass is 19.4. The minimum Gasteiger partial charge on any atom is -0.302 e. The van der Waals surface area contributed by atoms with Gasteiger partial charge >= 0.3 is 6.18 Å². The van der Waals surface area contributed by atoms with E-state index in [1.54, 1.807) is 12.1 Å². The van der Waals surface area contributed by atoms with Gasteiger partial charge in [-0.25, -0.2) is 0 Å². The van der Waals surface area contributed by atoms with Crippen molar-refractivity contribution in [2.75, 3.05) is 6.54 Å². The summed E-state index contributed by atoms with van der Waals surface area (Å²) in [4.78, 5) is 0. The molecule has 1 fully saturated rings. The molecule has 1 aromatic rings. The van der Waals surface area contributed by atoms with E-state index in [4.69, 9.17) is 0 Å². The second-order valence-corrected chi connectivity index (χ2v) is 5.29. The van der Waals surface area contributed by atoms with Crippen molar-refractivity contribution in [2.24, 2.45) is 0 Å². The average Bonchev–Trinajstić information content (AvgIpc) is 2.37. The maximum Gasteiger partial charge on any atom is 0.416 e. The number of hydrogen-bond donors (Lipinski definition) is 2. The van der Waals surface area contributed by atoms with E-state index in [-0.39, 0.29) is 6.17 Å². The third-order valence-electron chi connectivity index (χ3n) is 3.64. The van der Waals surface area contributed by atoms with Crippen molar-refractivity contribution in [3.8, 4) is 0 Å². The van der Waals surface area contributed by atoms with Gasteiger partial charge in [0.25, 0.3) is 0 Å². The van der Waals surface area contributed by atoms with Crippen LogP contribution in [-0.4, -0.2) is 12.7 Å². The summed E-state index contributed by atoms with van der Waals surface area (Å²) in [5.74, 6) is 0. The summed E-state index contributed by atoms with van der Waals surface area (Å²) in [5, 5.41) is 6.81. The zero-order valence-electron chi connectivity index (χ0n) is 11.5. The van der Waals surface area contributed by atoms with Crippen molar-refractivity contribution in [1.82, 2.24) is 10.6 Å². The molecule has 2 N–H and O–H groups in total. The van der Waals surface area contributed by atoms with Crippen LogP contribution in [0.1, 0.15) is 43.2 Å². The highest BCUT2D eigenvalue weighted by Gasteiger charge is 2.29. The van der Waals surface area contributed by atoms with Crippen LogP contribution in [0.3, 0.4) is 0 Å². The van der Waals surface area contributed by atoms with Gasteiger partial charge in [-0.3, -0.25) is 5.32 Å². The molecule has 0 aliphatic carbocycles. The Morgan fingerprint density at radius 2 is 1.75 bits per heavy atom. The number of alkyl halides is 3. The van der Waals surface area contributed by atoms with E-state index in [1.807, 2.05) is 0 Å². The van der Waals surface area contributed by atoms with E-state index in [2.05, 4.69) is 10.6 Å². The van der Waals surface area contributed by atoms with Crippen molar-refractivity contribution < 1.29 is 13.2 Å². The molecule has 1 heterocycles. The zero-order valence-corrected chi connectivity index (χ0v) is 11.5. The lowest BCUT2D eigenvalue weighted by atomic mass is 10.1. The minimum atomic E-state index is -4.26. The van der Waals surface area contributed by atoms with Crippen LogP contribution in [0.5, 0.6) is 0 Å². The van der Waals surface area contributed by atoms with Gasteiger partial charge in [0, 0.05) is 6.54 Å². The lowest BCUT2D eigenvalue weighted by Gasteiger charge is -2.22. The van der Waals surface area contributed by atoms with Crippen LogP contribution in [0.15, 0.2) is 24.3 Å². The van der Waals surface area contributed by atoms with Crippen LogP contribution in [0.25, 0.3) is 0 Å². The Morgan fingerprint density at radius 1 is 1.05 bits per heavy atom. The number of rotatable bonds is 3. The van der Waals surface area contributed by atoms with E-state index in [9.17, 15) is 13.2 Å². The second kappa shape index (κ2) is 7.09. The van der Waals surface area contributed by atoms with Crippen LogP contribution in [0, 0.1) is 0 Å². The Morgan fingerprint density at radius 3 is 2.45 bits per heavy atom. The van der Waals surface area contributed by atoms with Gasteiger partial charge in [0.2, 0.25) is 0 Å². The highest BCUT2D eigenvalue weighted by molar-refractivity contribution is 5.24. The first-order chi connectivity index (χ1) is 9.55. The normalized spacial score (nSPS) is 21.2. The van der Waals surface area contributed by atoms with Gasteiger partial charge in [-0.1, -0.05) is 31.4 Å². The van der Waals surface area contributed by atoms with Crippen LogP contribution < -0.4 is 10.6 Å². The molecule has 0 aromatic heterocycles. The Kier molecular flexibility index (Phi) is 5.43. The van der Waals surface area contributed by atoms with Gasteiger partial charge in [0.15, 0.2) is 0 Å². The predicted molar refractivity (Wildman–Crippen MR) is 73.2 cm³/mol. The summed E-state index contributed by atoms with van der Waals surface area (Å²) in [6, 6.07) is 5.36. The van der Waals surface area contributed by atoms with Crippen molar-refractivity contribution in [1.29, 1.82) is 0 Å². The third-order valence-corrected chi connectivity index (χ3v) is 3.64.